The molecule has 2 aliphatic rings. The van der Waals surface area contributed by atoms with Crippen molar-refractivity contribution < 1.29 is 9.59 Å². The predicted molar refractivity (Wildman–Crippen MR) is 124 cm³/mol. The molecule has 2 heterocycles. The third kappa shape index (κ3) is 6.26. The first-order valence-corrected chi connectivity index (χ1v) is 13.0. The lowest BCUT2D eigenvalue weighted by molar-refractivity contribution is -0.119. The minimum Gasteiger partial charge on any atom is -0.353 e. The molecule has 0 spiro atoms. The molecular formula is C22H29N5O2S2. The summed E-state index contributed by atoms with van der Waals surface area (Å²) in [7, 11) is 0. The fourth-order valence-corrected chi connectivity index (χ4v) is 5.68. The van der Waals surface area contributed by atoms with Gasteiger partial charge in [-0.25, -0.2) is 0 Å². The fourth-order valence-electron chi connectivity index (χ4n) is 4.06. The standard InChI is InChI=1S/C22H29N5O2S2/c28-20(23-18-10-4-5-11-18)16-31-21-25-24-19(15-26-13-14-30-22(26)29)27(21)12-6-9-17-7-2-1-3-8-17/h1-3,7-8,18H,4-6,9-16H2,(H,23,28). The molecule has 166 valence electrons. The van der Waals surface area contributed by atoms with E-state index in [1.165, 1.54) is 41.9 Å². The van der Waals surface area contributed by atoms with Crippen molar-refractivity contribution >= 4 is 34.7 Å². The highest BCUT2D eigenvalue weighted by Crippen LogP contribution is 2.23. The van der Waals surface area contributed by atoms with Gasteiger partial charge >= 0.3 is 0 Å². The highest BCUT2D eigenvalue weighted by Gasteiger charge is 2.24. The van der Waals surface area contributed by atoms with Gasteiger partial charge in [-0.1, -0.05) is 66.7 Å². The molecule has 2 amide bonds. The van der Waals surface area contributed by atoms with Gasteiger partial charge in [0.1, 0.15) is 0 Å². The molecule has 0 unspecified atom stereocenters. The highest BCUT2D eigenvalue weighted by atomic mass is 32.2. The molecule has 1 saturated heterocycles. The summed E-state index contributed by atoms with van der Waals surface area (Å²) in [4.78, 5) is 26.2. The molecule has 1 saturated carbocycles. The van der Waals surface area contributed by atoms with E-state index < -0.39 is 0 Å². The number of rotatable bonds is 10. The molecular weight excluding hydrogens is 430 g/mol. The van der Waals surface area contributed by atoms with Crippen LogP contribution in [0.25, 0.3) is 0 Å². The largest absolute Gasteiger partial charge is 0.353 e. The molecule has 0 bridgehead atoms. The van der Waals surface area contributed by atoms with Gasteiger partial charge in [0.25, 0.3) is 5.24 Å². The van der Waals surface area contributed by atoms with E-state index in [1.807, 2.05) is 11.0 Å². The highest BCUT2D eigenvalue weighted by molar-refractivity contribution is 8.13. The van der Waals surface area contributed by atoms with Crippen LogP contribution in [0.15, 0.2) is 35.5 Å². The van der Waals surface area contributed by atoms with E-state index in [4.69, 9.17) is 0 Å². The van der Waals surface area contributed by atoms with Crippen LogP contribution in [0.5, 0.6) is 0 Å². The van der Waals surface area contributed by atoms with Gasteiger partial charge in [-0.05, 0) is 31.2 Å². The van der Waals surface area contributed by atoms with Crippen LogP contribution < -0.4 is 5.32 Å². The van der Waals surface area contributed by atoms with Gasteiger partial charge in [0.2, 0.25) is 5.91 Å². The van der Waals surface area contributed by atoms with Gasteiger partial charge in [-0.15, -0.1) is 10.2 Å². The number of hydrogen-bond acceptors (Lipinski definition) is 6. The molecule has 7 nitrogen and oxygen atoms in total. The summed E-state index contributed by atoms with van der Waals surface area (Å²) >= 11 is 2.79. The summed E-state index contributed by atoms with van der Waals surface area (Å²) < 4.78 is 2.09. The normalized spacial score (nSPS) is 16.9. The minimum atomic E-state index is 0.0587. The van der Waals surface area contributed by atoms with Crippen molar-refractivity contribution in [1.82, 2.24) is 25.0 Å². The molecule has 1 aliphatic carbocycles. The number of amides is 2. The summed E-state index contributed by atoms with van der Waals surface area (Å²) in [5, 5.41) is 12.7. The molecule has 1 N–H and O–H groups in total. The summed E-state index contributed by atoms with van der Waals surface area (Å²) in [6, 6.07) is 10.7. The Kier molecular flexibility index (Phi) is 7.91. The van der Waals surface area contributed by atoms with Crippen molar-refractivity contribution in [3.63, 3.8) is 0 Å². The maximum Gasteiger partial charge on any atom is 0.282 e. The van der Waals surface area contributed by atoms with E-state index in [0.717, 1.165) is 55.5 Å². The predicted octanol–water partition coefficient (Wildman–Crippen LogP) is 3.73. The summed E-state index contributed by atoms with van der Waals surface area (Å²) in [6.07, 6.45) is 6.47. The van der Waals surface area contributed by atoms with Crippen molar-refractivity contribution in [3.05, 3.63) is 41.7 Å². The van der Waals surface area contributed by atoms with Gasteiger partial charge in [0.05, 0.1) is 12.3 Å². The molecule has 1 aromatic carbocycles. The number of nitrogens with one attached hydrogen (secondary N) is 1. The number of aromatic nitrogens is 3. The first-order valence-electron chi connectivity index (χ1n) is 11.0. The van der Waals surface area contributed by atoms with Gasteiger partial charge in [0, 0.05) is 24.9 Å². The van der Waals surface area contributed by atoms with Crippen LogP contribution in [-0.4, -0.2) is 54.9 Å². The van der Waals surface area contributed by atoms with Gasteiger partial charge in [0.15, 0.2) is 11.0 Å². The summed E-state index contributed by atoms with van der Waals surface area (Å²) in [5.41, 5.74) is 1.30. The summed E-state index contributed by atoms with van der Waals surface area (Å²) in [6.45, 7) is 1.98. The second kappa shape index (κ2) is 11.0. The zero-order chi connectivity index (χ0) is 21.5. The van der Waals surface area contributed by atoms with Gasteiger partial charge in [-0.3, -0.25) is 9.59 Å². The molecule has 31 heavy (non-hydrogen) atoms. The smallest absolute Gasteiger partial charge is 0.282 e. The average Bonchev–Trinajstić information content (AvgIpc) is 3.51. The molecule has 0 radical (unpaired) electrons. The molecule has 2 aromatic rings. The molecule has 2 fully saturated rings. The van der Waals surface area contributed by atoms with E-state index in [-0.39, 0.29) is 11.1 Å². The Balaban J connectivity index is 1.39. The lowest BCUT2D eigenvalue weighted by Gasteiger charge is -2.16. The van der Waals surface area contributed by atoms with Crippen LogP contribution in [0, 0.1) is 0 Å². The van der Waals surface area contributed by atoms with Gasteiger partial charge < -0.3 is 14.8 Å². The first kappa shape index (κ1) is 22.2. The van der Waals surface area contributed by atoms with Crippen LogP contribution >= 0.6 is 23.5 Å². The fraction of sp³-hybridized carbons (Fsp3) is 0.545. The Bertz CT molecular complexity index is 883. The Morgan fingerprint density at radius 1 is 1.19 bits per heavy atom. The first-order chi connectivity index (χ1) is 15.2. The molecule has 0 atom stereocenters. The van der Waals surface area contributed by atoms with Crippen molar-refractivity contribution in [2.24, 2.45) is 0 Å². The van der Waals surface area contributed by atoms with E-state index in [9.17, 15) is 9.59 Å². The molecule has 1 aliphatic heterocycles. The Morgan fingerprint density at radius 2 is 2.00 bits per heavy atom. The lowest BCUT2D eigenvalue weighted by Crippen LogP contribution is -2.33. The Morgan fingerprint density at radius 3 is 2.74 bits per heavy atom. The summed E-state index contributed by atoms with van der Waals surface area (Å²) in [5.74, 6) is 2.02. The second-order valence-corrected chi connectivity index (χ2v) is 10.0. The number of carbonyl (C=O) groups excluding carboxylic acids is 2. The number of hydrogen-bond donors (Lipinski definition) is 1. The lowest BCUT2D eigenvalue weighted by atomic mass is 10.1. The van der Waals surface area contributed by atoms with Crippen molar-refractivity contribution in [3.8, 4) is 0 Å². The van der Waals surface area contributed by atoms with Crippen LogP contribution in [-0.2, 0) is 24.3 Å². The quantitative estimate of drug-likeness (QED) is 0.546. The minimum absolute atomic E-state index is 0.0587. The van der Waals surface area contributed by atoms with Crippen molar-refractivity contribution in [1.29, 1.82) is 0 Å². The maximum atomic E-state index is 12.4. The topological polar surface area (TPSA) is 80.1 Å². The number of benzene rings is 1. The van der Waals surface area contributed by atoms with Crippen LogP contribution in [0.1, 0.15) is 43.5 Å². The van der Waals surface area contributed by atoms with E-state index in [1.54, 1.807) is 0 Å². The number of carbonyl (C=O) groups is 2. The zero-order valence-electron chi connectivity index (χ0n) is 17.7. The second-order valence-electron chi connectivity index (χ2n) is 8.01. The number of thioether (sulfide) groups is 2. The van der Waals surface area contributed by atoms with Gasteiger partial charge in [-0.2, -0.15) is 0 Å². The van der Waals surface area contributed by atoms with Crippen LogP contribution in [0.2, 0.25) is 0 Å². The third-order valence-corrected chi connectivity index (χ3v) is 7.57. The van der Waals surface area contributed by atoms with Crippen molar-refractivity contribution in [2.45, 2.75) is 62.8 Å². The van der Waals surface area contributed by atoms with E-state index >= 15 is 0 Å². The zero-order valence-corrected chi connectivity index (χ0v) is 19.3. The number of aryl methyl sites for hydroxylation is 1. The van der Waals surface area contributed by atoms with Crippen molar-refractivity contribution in [2.75, 3.05) is 18.1 Å². The maximum absolute atomic E-state index is 12.4. The Labute approximate surface area is 191 Å². The SMILES string of the molecule is O=C(CSc1nnc(CN2CCSC2=O)n1CCCc1ccccc1)NC1CCCC1. The average molecular weight is 460 g/mol. The molecule has 9 heteroatoms. The number of nitrogens with zero attached hydrogens (tertiary/aromatic N) is 4. The Hall–Kier alpha value is -2.00. The third-order valence-electron chi connectivity index (χ3n) is 5.71. The van der Waals surface area contributed by atoms with Crippen LogP contribution in [0.4, 0.5) is 4.79 Å². The van der Waals surface area contributed by atoms with E-state index in [2.05, 4.69) is 44.3 Å². The van der Waals surface area contributed by atoms with E-state index in [0.29, 0.717) is 18.3 Å². The monoisotopic (exact) mass is 459 g/mol. The molecule has 1 aromatic heterocycles. The molecule has 4 rings (SSSR count). The van der Waals surface area contributed by atoms with Crippen LogP contribution in [0.3, 0.4) is 0 Å².